The number of hydrogen-bond acceptors (Lipinski definition) is 3. The van der Waals surface area contributed by atoms with Crippen LogP contribution in [-0.4, -0.2) is 42.6 Å². The van der Waals surface area contributed by atoms with E-state index in [1.54, 1.807) is 6.92 Å². The largest absolute Gasteiger partial charge is 0.389 e. The lowest BCUT2D eigenvalue weighted by Gasteiger charge is -2.25. The van der Waals surface area contributed by atoms with Crippen LogP contribution in [-0.2, 0) is 4.79 Å². The number of aliphatic hydroxyl groups is 1. The third kappa shape index (κ3) is 4.21. The van der Waals surface area contributed by atoms with Crippen LogP contribution in [0, 0.1) is 0 Å². The quantitative estimate of drug-likeness (QED) is 0.864. The first-order chi connectivity index (χ1) is 9.40. The van der Waals surface area contributed by atoms with Gasteiger partial charge >= 0.3 is 0 Å². The molecular weight excluding hydrogens is 320 g/mol. The molecule has 0 fully saturated rings. The van der Waals surface area contributed by atoms with Gasteiger partial charge in [-0.2, -0.15) is 0 Å². The van der Waals surface area contributed by atoms with Gasteiger partial charge in [0.1, 0.15) is 0 Å². The maximum absolute atomic E-state index is 12.1. The molecule has 112 valence electrons. The number of halogens is 1. The van der Waals surface area contributed by atoms with E-state index in [1.807, 2.05) is 48.9 Å². The first kappa shape index (κ1) is 17.0. The Bertz CT molecular complexity index is 459. The van der Waals surface area contributed by atoms with Crippen molar-refractivity contribution in [1.82, 2.24) is 4.90 Å². The summed E-state index contributed by atoms with van der Waals surface area (Å²) < 4.78 is 0.854. The second kappa shape index (κ2) is 7.64. The molecule has 0 heterocycles. The van der Waals surface area contributed by atoms with Gasteiger partial charge in [-0.25, -0.2) is 0 Å². The van der Waals surface area contributed by atoms with Crippen LogP contribution >= 0.6 is 15.9 Å². The average Bonchev–Trinajstić information content (AvgIpc) is 2.39. The molecule has 0 aromatic heterocycles. The summed E-state index contributed by atoms with van der Waals surface area (Å²) >= 11 is 3.46. The van der Waals surface area contributed by atoms with Crippen LogP contribution in [0.15, 0.2) is 22.7 Å². The Balaban J connectivity index is 2.80. The van der Waals surface area contributed by atoms with Crippen molar-refractivity contribution in [1.29, 1.82) is 0 Å². The van der Waals surface area contributed by atoms with E-state index in [0.29, 0.717) is 6.54 Å². The summed E-state index contributed by atoms with van der Waals surface area (Å²) in [5.74, 6) is 0.119. The minimum absolute atomic E-state index is 0.119. The number of benzene rings is 1. The number of anilines is 1. The van der Waals surface area contributed by atoms with E-state index >= 15 is 0 Å². The lowest BCUT2D eigenvalue weighted by molar-refractivity contribution is -0.129. The molecule has 0 bridgehead atoms. The molecule has 1 aromatic carbocycles. The highest BCUT2D eigenvalue weighted by Gasteiger charge is 2.14. The maximum Gasteiger partial charge on any atom is 0.242 e. The summed E-state index contributed by atoms with van der Waals surface area (Å²) in [5, 5.41) is 9.61. The van der Waals surface area contributed by atoms with E-state index in [4.69, 9.17) is 0 Å². The summed E-state index contributed by atoms with van der Waals surface area (Å²) in [6.45, 7) is 7.50. The zero-order valence-electron chi connectivity index (χ0n) is 12.6. The van der Waals surface area contributed by atoms with E-state index in [-0.39, 0.29) is 5.91 Å². The lowest BCUT2D eigenvalue weighted by atomic mass is 10.1. The molecule has 0 saturated heterocycles. The minimum atomic E-state index is -0.513. The molecule has 1 N–H and O–H groups in total. The number of hydrogen-bond donors (Lipinski definition) is 1. The number of rotatable bonds is 6. The fourth-order valence-electron chi connectivity index (χ4n) is 2.06. The third-order valence-electron chi connectivity index (χ3n) is 3.36. The van der Waals surface area contributed by atoms with Gasteiger partial charge in [0.05, 0.1) is 12.6 Å². The van der Waals surface area contributed by atoms with Gasteiger partial charge in [0.25, 0.3) is 0 Å². The predicted molar refractivity (Wildman–Crippen MR) is 86.0 cm³/mol. The molecule has 1 rings (SSSR count). The molecule has 20 heavy (non-hydrogen) atoms. The van der Waals surface area contributed by atoms with E-state index < -0.39 is 6.10 Å². The van der Waals surface area contributed by atoms with Crippen LogP contribution in [0.5, 0.6) is 0 Å². The molecule has 0 unspecified atom stereocenters. The number of carbonyl (C=O) groups excluding carboxylic acids is 1. The minimum Gasteiger partial charge on any atom is -0.389 e. The monoisotopic (exact) mass is 342 g/mol. The number of nitrogens with zero attached hydrogens (tertiary/aromatic N) is 2. The Morgan fingerprint density at radius 1 is 1.35 bits per heavy atom. The van der Waals surface area contributed by atoms with Crippen molar-refractivity contribution in [3.63, 3.8) is 0 Å². The van der Waals surface area contributed by atoms with E-state index in [1.165, 1.54) is 0 Å². The Morgan fingerprint density at radius 3 is 2.40 bits per heavy atom. The van der Waals surface area contributed by atoms with Crippen LogP contribution in [0.4, 0.5) is 5.69 Å². The summed E-state index contributed by atoms with van der Waals surface area (Å²) in [5.41, 5.74) is 1.79. The molecule has 0 aliphatic rings. The third-order valence-corrected chi connectivity index (χ3v) is 4.05. The van der Waals surface area contributed by atoms with Crippen molar-refractivity contribution in [2.24, 2.45) is 0 Å². The number of likely N-dealkylation sites (N-methyl/N-ethyl adjacent to an activating group) is 2. The predicted octanol–water partition coefficient (Wildman–Crippen LogP) is 2.81. The maximum atomic E-state index is 12.1. The summed E-state index contributed by atoms with van der Waals surface area (Å²) in [7, 11) is 1.89. The van der Waals surface area contributed by atoms with Crippen molar-refractivity contribution >= 4 is 27.5 Å². The Labute approximate surface area is 129 Å². The second-order valence-corrected chi connectivity index (χ2v) is 5.66. The SMILES string of the molecule is CCN(CC)C(=O)CN(C)c1ccc([C@H](C)O)c(Br)c1. The molecule has 0 radical (unpaired) electrons. The van der Waals surface area contributed by atoms with Crippen molar-refractivity contribution in [2.45, 2.75) is 26.9 Å². The van der Waals surface area contributed by atoms with E-state index in [0.717, 1.165) is 28.8 Å². The van der Waals surface area contributed by atoms with Gasteiger partial charge < -0.3 is 14.9 Å². The topological polar surface area (TPSA) is 43.8 Å². The van der Waals surface area contributed by atoms with Crippen LogP contribution in [0.1, 0.15) is 32.4 Å². The Morgan fingerprint density at radius 2 is 1.95 bits per heavy atom. The lowest BCUT2D eigenvalue weighted by Crippen LogP contribution is -2.38. The number of amides is 1. The first-order valence-electron chi connectivity index (χ1n) is 6.87. The van der Waals surface area contributed by atoms with Gasteiger partial charge in [0, 0.05) is 30.3 Å². The van der Waals surface area contributed by atoms with Gasteiger partial charge in [0.2, 0.25) is 5.91 Å². The Hall–Kier alpha value is -1.07. The zero-order valence-corrected chi connectivity index (χ0v) is 14.1. The smallest absolute Gasteiger partial charge is 0.242 e. The second-order valence-electron chi connectivity index (χ2n) is 4.80. The fourth-order valence-corrected chi connectivity index (χ4v) is 2.76. The van der Waals surface area contributed by atoms with Crippen molar-refractivity contribution < 1.29 is 9.90 Å². The summed E-state index contributed by atoms with van der Waals surface area (Å²) in [4.78, 5) is 15.8. The fraction of sp³-hybridized carbons (Fsp3) is 0.533. The van der Waals surface area contributed by atoms with Crippen molar-refractivity contribution in [3.8, 4) is 0 Å². The molecule has 0 aliphatic carbocycles. The molecule has 1 atom stereocenters. The molecule has 1 aromatic rings. The van der Waals surface area contributed by atoms with Crippen molar-refractivity contribution in [3.05, 3.63) is 28.2 Å². The molecule has 5 heteroatoms. The highest BCUT2D eigenvalue weighted by Crippen LogP contribution is 2.27. The molecule has 0 saturated carbocycles. The number of carbonyl (C=O) groups is 1. The normalized spacial score (nSPS) is 12.1. The van der Waals surface area contributed by atoms with Gasteiger partial charge in [-0.05, 0) is 38.5 Å². The molecule has 1 amide bonds. The van der Waals surface area contributed by atoms with Gasteiger partial charge in [-0.15, -0.1) is 0 Å². The summed E-state index contributed by atoms with van der Waals surface area (Å²) in [6, 6.07) is 5.72. The van der Waals surface area contributed by atoms with E-state index in [2.05, 4.69) is 15.9 Å². The standard InChI is InChI=1S/C15H23BrN2O2/c1-5-18(6-2)15(20)10-17(4)12-7-8-13(11(3)19)14(16)9-12/h7-9,11,19H,5-6,10H2,1-4H3/t11-/m0/s1. The summed E-state index contributed by atoms with van der Waals surface area (Å²) in [6.07, 6.45) is -0.513. The van der Waals surface area contributed by atoms with Crippen molar-refractivity contribution in [2.75, 3.05) is 31.6 Å². The molecule has 0 aliphatic heterocycles. The Kier molecular flexibility index (Phi) is 6.49. The highest BCUT2D eigenvalue weighted by atomic mass is 79.9. The first-order valence-corrected chi connectivity index (χ1v) is 7.66. The molecular formula is C15H23BrN2O2. The number of aliphatic hydroxyl groups excluding tert-OH is 1. The van der Waals surface area contributed by atoms with Crippen LogP contribution in [0.3, 0.4) is 0 Å². The van der Waals surface area contributed by atoms with Gasteiger partial charge in [0.15, 0.2) is 0 Å². The molecule has 4 nitrogen and oxygen atoms in total. The van der Waals surface area contributed by atoms with Gasteiger partial charge in [-0.1, -0.05) is 22.0 Å². The zero-order chi connectivity index (χ0) is 15.3. The van der Waals surface area contributed by atoms with Crippen LogP contribution in [0.25, 0.3) is 0 Å². The highest BCUT2D eigenvalue weighted by molar-refractivity contribution is 9.10. The van der Waals surface area contributed by atoms with Crippen LogP contribution < -0.4 is 4.90 Å². The van der Waals surface area contributed by atoms with Gasteiger partial charge in [-0.3, -0.25) is 4.79 Å². The van der Waals surface area contributed by atoms with Crippen LogP contribution in [0.2, 0.25) is 0 Å². The van der Waals surface area contributed by atoms with E-state index in [9.17, 15) is 9.90 Å². The molecule has 0 spiro atoms. The average molecular weight is 343 g/mol.